The van der Waals surface area contributed by atoms with Crippen LogP contribution in [0, 0.1) is 35.0 Å². The van der Waals surface area contributed by atoms with Crippen LogP contribution in [0.15, 0.2) is 29.0 Å². The number of ether oxygens (including phenoxy) is 1. The molecule has 5 nitrogen and oxygen atoms in total. The normalized spacial score (nSPS) is 18.7. The van der Waals surface area contributed by atoms with Crippen molar-refractivity contribution in [3.05, 3.63) is 34.5 Å². The van der Waals surface area contributed by atoms with Crippen LogP contribution in [0.2, 0.25) is 0 Å². The van der Waals surface area contributed by atoms with Crippen LogP contribution in [0.4, 0.5) is 0 Å². The van der Waals surface area contributed by atoms with E-state index >= 15 is 0 Å². The van der Waals surface area contributed by atoms with Gasteiger partial charge in [-0.2, -0.15) is 16.6 Å². The molecule has 0 aliphatic heterocycles. The van der Waals surface area contributed by atoms with Crippen molar-refractivity contribution in [1.29, 1.82) is 5.26 Å². The number of nitrogens with zero attached hydrogens (tertiary/aromatic N) is 2. The van der Waals surface area contributed by atoms with E-state index in [0.29, 0.717) is 5.88 Å². The standard InChI is InChI=1S/C21H21N3O2S/c1-26-20-8-4-7-19(24-20)18-14-27-13-16(18)10-9-15-5-2-3-6-17(15)21(25)23-12-11-22/h4,7-8,13-15,17H,2-3,5-6,12H2,1H3,(H,23,25). The van der Waals surface area contributed by atoms with E-state index in [9.17, 15) is 4.79 Å². The lowest BCUT2D eigenvalue weighted by atomic mass is 9.79. The lowest BCUT2D eigenvalue weighted by Crippen LogP contribution is -2.36. The molecule has 0 saturated heterocycles. The Labute approximate surface area is 163 Å². The van der Waals surface area contributed by atoms with Crippen LogP contribution in [0.1, 0.15) is 31.2 Å². The highest BCUT2D eigenvalue weighted by molar-refractivity contribution is 7.08. The average Bonchev–Trinajstić information content (AvgIpc) is 3.19. The fourth-order valence-electron chi connectivity index (χ4n) is 3.32. The van der Waals surface area contributed by atoms with Gasteiger partial charge in [0.25, 0.3) is 0 Å². The predicted molar refractivity (Wildman–Crippen MR) is 105 cm³/mol. The molecule has 27 heavy (non-hydrogen) atoms. The number of methoxy groups -OCH3 is 1. The third-order valence-corrected chi connectivity index (χ3v) is 5.45. The Balaban J connectivity index is 1.81. The summed E-state index contributed by atoms with van der Waals surface area (Å²) in [6, 6.07) is 7.62. The van der Waals surface area contributed by atoms with Crippen LogP contribution in [0.5, 0.6) is 5.88 Å². The highest BCUT2D eigenvalue weighted by atomic mass is 32.1. The minimum absolute atomic E-state index is 0.0171. The number of carbonyl (C=O) groups excluding carboxylic acids is 1. The molecule has 0 radical (unpaired) electrons. The maximum atomic E-state index is 12.3. The first-order valence-electron chi connectivity index (χ1n) is 8.96. The lowest BCUT2D eigenvalue weighted by molar-refractivity contribution is -0.126. The van der Waals surface area contributed by atoms with Gasteiger partial charge in [0.15, 0.2) is 0 Å². The zero-order valence-electron chi connectivity index (χ0n) is 15.2. The SMILES string of the molecule is COc1cccc(-c2cscc2C#CC2CCCCC2C(=O)NCC#N)n1. The molecule has 6 heteroatoms. The number of nitriles is 1. The van der Waals surface area contributed by atoms with E-state index in [1.54, 1.807) is 18.4 Å². The molecule has 2 aromatic heterocycles. The third kappa shape index (κ3) is 4.67. The summed E-state index contributed by atoms with van der Waals surface area (Å²) in [5.41, 5.74) is 2.72. The van der Waals surface area contributed by atoms with Crippen LogP contribution >= 0.6 is 11.3 Å². The second-order valence-electron chi connectivity index (χ2n) is 6.41. The van der Waals surface area contributed by atoms with Gasteiger partial charge >= 0.3 is 0 Å². The molecule has 2 aromatic rings. The molecule has 0 aromatic carbocycles. The fraction of sp³-hybridized carbons (Fsp3) is 0.381. The van der Waals surface area contributed by atoms with Crippen molar-refractivity contribution in [2.45, 2.75) is 25.7 Å². The molecule has 138 valence electrons. The summed E-state index contributed by atoms with van der Waals surface area (Å²) in [6.45, 7) is 0.0473. The number of aromatic nitrogens is 1. The molecule has 2 atom stereocenters. The minimum atomic E-state index is -0.142. The van der Waals surface area contributed by atoms with Crippen LogP contribution in [0.25, 0.3) is 11.3 Å². The number of hydrogen-bond acceptors (Lipinski definition) is 5. The summed E-state index contributed by atoms with van der Waals surface area (Å²) in [6.07, 6.45) is 3.84. The Morgan fingerprint density at radius 1 is 1.37 bits per heavy atom. The second-order valence-corrected chi connectivity index (χ2v) is 7.15. The monoisotopic (exact) mass is 379 g/mol. The van der Waals surface area contributed by atoms with E-state index in [0.717, 1.165) is 42.5 Å². The van der Waals surface area contributed by atoms with Gasteiger partial charge in [-0.3, -0.25) is 4.79 Å². The molecule has 1 amide bonds. The van der Waals surface area contributed by atoms with Gasteiger partial charge in [0.2, 0.25) is 11.8 Å². The van der Waals surface area contributed by atoms with Crippen LogP contribution in [0.3, 0.4) is 0 Å². The van der Waals surface area contributed by atoms with Crippen molar-refractivity contribution in [3.63, 3.8) is 0 Å². The summed E-state index contributed by atoms with van der Waals surface area (Å²) >= 11 is 1.58. The van der Waals surface area contributed by atoms with Crippen LogP contribution < -0.4 is 10.1 Å². The quantitative estimate of drug-likeness (QED) is 0.650. The summed E-state index contributed by atoms with van der Waals surface area (Å²) in [4.78, 5) is 16.8. The molecule has 1 N–H and O–H groups in total. The Morgan fingerprint density at radius 3 is 3.04 bits per heavy atom. The maximum absolute atomic E-state index is 12.3. The van der Waals surface area contributed by atoms with E-state index in [4.69, 9.17) is 10.00 Å². The first kappa shape index (κ1) is 18.9. The van der Waals surface area contributed by atoms with Crippen LogP contribution in [-0.2, 0) is 4.79 Å². The smallest absolute Gasteiger partial charge is 0.225 e. The number of nitrogens with one attached hydrogen (secondary N) is 1. The Bertz CT molecular complexity index is 904. The topological polar surface area (TPSA) is 75.0 Å². The van der Waals surface area contributed by atoms with E-state index in [1.807, 2.05) is 35.0 Å². The molecule has 3 rings (SSSR count). The Kier molecular flexibility index (Phi) is 6.46. The second kappa shape index (κ2) is 9.21. The highest BCUT2D eigenvalue weighted by Gasteiger charge is 2.29. The number of thiophene rings is 1. The van der Waals surface area contributed by atoms with Crippen molar-refractivity contribution in [3.8, 4) is 35.0 Å². The van der Waals surface area contributed by atoms with E-state index in [2.05, 4.69) is 22.1 Å². The van der Waals surface area contributed by atoms with E-state index in [1.165, 1.54) is 0 Å². The van der Waals surface area contributed by atoms with Crippen molar-refractivity contribution in [2.24, 2.45) is 11.8 Å². The summed E-state index contributed by atoms with van der Waals surface area (Å²) in [7, 11) is 1.60. The third-order valence-electron chi connectivity index (χ3n) is 4.71. The zero-order valence-corrected chi connectivity index (χ0v) is 16.0. The molecule has 1 fully saturated rings. The Hall–Kier alpha value is -2.83. The molecule has 1 saturated carbocycles. The molecule has 2 heterocycles. The zero-order chi connectivity index (χ0) is 19.1. The van der Waals surface area contributed by atoms with Gasteiger partial charge in [0.1, 0.15) is 6.54 Å². The first-order valence-corrected chi connectivity index (χ1v) is 9.91. The number of amides is 1. The molecule has 1 aliphatic carbocycles. The van der Waals surface area contributed by atoms with Gasteiger partial charge in [-0.05, 0) is 18.9 Å². The number of rotatable bonds is 4. The summed E-state index contributed by atoms with van der Waals surface area (Å²) < 4.78 is 5.21. The molecule has 2 unspecified atom stereocenters. The molecular formula is C21H21N3O2S. The maximum Gasteiger partial charge on any atom is 0.225 e. The first-order chi connectivity index (χ1) is 13.2. The van der Waals surface area contributed by atoms with Gasteiger partial charge < -0.3 is 10.1 Å². The van der Waals surface area contributed by atoms with Crippen molar-refractivity contribution < 1.29 is 9.53 Å². The van der Waals surface area contributed by atoms with Gasteiger partial charge in [0, 0.05) is 33.9 Å². The minimum Gasteiger partial charge on any atom is -0.481 e. The fourth-order valence-corrected chi connectivity index (χ4v) is 4.09. The predicted octanol–water partition coefficient (Wildman–Crippen LogP) is 3.62. The molecular weight excluding hydrogens is 358 g/mol. The average molecular weight is 379 g/mol. The highest BCUT2D eigenvalue weighted by Crippen LogP contribution is 2.31. The number of pyridine rings is 1. The lowest BCUT2D eigenvalue weighted by Gasteiger charge is -2.26. The van der Waals surface area contributed by atoms with Gasteiger partial charge in [-0.15, -0.1) is 0 Å². The molecule has 1 aliphatic rings. The summed E-state index contributed by atoms with van der Waals surface area (Å²) in [5.74, 6) is 6.98. The van der Waals surface area contributed by atoms with Gasteiger partial charge in [-0.25, -0.2) is 4.98 Å². The molecule has 0 spiro atoms. The number of hydrogen-bond donors (Lipinski definition) is 1. The van der Waals surface area contributed by atoms with E-state index in [-0.39, 0.29) is 24.3 Å². The van der Waals surface area contributed by atoms with Gasteiger partial charge in [-0.1, -0.05) is 30.7 Å². The van der Waals surface area contributed by atoms with Crippen LogP contribution in [-0.4, -0.2) is 24.5 Å². The summed E-state index contributed by atoms with van der Waals surface area (Å²) in [5, 5.41) is 15.4. The molecule has 0 bridgehead atoms. The largest absolute Gasteiger partial charge is 0.481 e. The van der Waals surface area contributed by atoms with Crippen molar-refractivity contribution >= 4 is 17.2 Å². The van der Waals surface area contributed by atoms with Gasteiger partial charge in [0.05, 0.1) is 24.8 Å². The number of carbonyl (C=O) groups is 1. The Morgan fingerprint density at radius 2 is 2.22 bits per heavy atom. The van der Waals surface area contributed by atoms with Crippen molar-refractivity contribution in [1.82, 2.24) is 10.3 Å². The van der Waals surface area contributed by atoms with Crippen molar-refractivity contribution in [2.75, 3.05) is 13.7 Å². The van der Waals surface area contributed by atoms with E-state index < -0.39 is 0 Å².